The number of rotatable bonds is 2. The highest BCUT2D eigenvalue weighted by Gasteiger charge is 2.25. The highest BCUT2D eigenvalue weighted by Crippen LogP contribution is 2.39. The molecule has 1 aliphatic rings. The SMILES string of the molecule is COCc1cc2c(c(F)c1F)Cc1ccccc1-2. The van der Waals surface area contributed by atoms with Crippen molar-refractivity contribution in [3.63, 3.8) is 0 Å². The molecule has 0 heterocycles. The molecular weight excluding hydrogens is 234 g/mol. The summed E-state index contributed by atoms with van der Waals surface area (Å²) in [6.45, 7) is 0.0815. The third kappa shape index (κ3) is 1.55. The van der Waals surface area contributed by atoms with Gasteiger partial charge >= 0.3 is 0 Å². The zero-order chi connectivity index (χ0) is 12.7. The van der Waals surface area contributed by atoms with Crippen molar-refractivity contribution in [2.24, 2.45) is 0 Å². The molecule has 2 aromatic carbocycles. The molecule has 1 aliphatic carbocycles. The lowest BCUT2D eigenvalue weighted by Gasteiger charge is -2.08. The molecule has 3 rings (SSSR count). The molecular formula is C15H12F2O. The molecule has 0 radical (unpaired) electrons. The molecule has 0 aliphatic heterocycles. The van der Waals surface area contributed by atoms with Crippen LogP contribution in [0.15, 0.2) is 30.3 Å². The Morgan fingerprint density at radius 2 is 1.89 bits per heavy atom. The van der Waals surface area contributed by atoms with Crippen LogP contribution in [-0.4, -0.2) is 7.11 Å². The molecule has 0 spiro atoms. The standard InChI is InChI=1S/C15H12F2O/c1-18-8-10-7-12-11-5-3-2-4-9(11)6-13(12)15(17)14(10)16/h2-5,7H,6,8H2,1H3. The van der Waals surface area contributed by atoms with Crippen LogP contribution in [0.3, 0.4) is 0 Å². The predicted octanol–water partition coefficient (Wildman–Crippen LogP) is 3.68. The maximum Gasteiger partial charge on any atom is 0.164 e. The lowest BCUT2D eigenvalue weighted by Crippen LogP contribution is -2.00. The summed E-state index contributed by atoms with van der Waals surface area (Å²) >= 11 is 0. The van der Waals surface area contributed by atoms with Gasteiger partial charge in [0, 0.05) is 24.7 Å². The van der Waals surface area contributed by atoms with E-state index in [2.05, 4.69) is 0 Å². The number of hydrogen-bond acceptors (Lipinski definition) is 1. The second-order valence-electron chi connectivity index (χ2n) is 4.46. The molecule has 0 saturated carbocycles. The van der Waals surface area contributed by atoms with Crippen molar-refractivity contribution < 1.29 is 13.5 Å². The van der Waals surface area contributed by atoms with Crippen LogP contribution in [-0.2, 0) is 17.8 Å². The van der Waals surface area contributed by atoms with E-state index in [1.807, 2.05) is 24.3 Å². The van der Waals surface area contributed by atoms with Gasteiger partial charge in [0.05, 0.1) is 6.61 Å². The van der Waals surface area contributed by atoms with E-state index in [1.54, 1.807) is 6.07 Å². The van der Waals surface area contributed by atoms with Gasteiger partial charge in [0.25, 0.3) is 0 Å². The number of benzene rings is 2. The third-order valence-corrected chi connectivity index (χ3v) is 3.36. The first-order valence-electron chi connectivity index (χ1n) is 5.79. The first-order chi connectivity index (χ1) is 8.72. The zero-order valence-corrected chi connectivity index (χ0v) is 9.97. The average Bonchev–Trinajstić information content (AvgIpc) is 2.75. The van der Waals surface area contributed by atoms with Crippen LogP contribution in [0.4, 0.5) is 8.78 Å². The summed E-state index contributed by atoms with van der Waals surface area (Å²) in [6, 6.07) is 9.40. The normalized spacial score (nSPS) is 12.4. The Hall–Kier alpha value is -1.74. The summed E-state index contributed by atoms with van der Waals surface area (Å²) in [5, 5.41) is 0. The van der Waals surface area contributed by atoms with E-state index in [4.69, 9.17) is 4.74 Å². The number of ether oxygens (including phenoxy) is 1. The Labute approximate surface area is 104 Å². The Morgan fingerprint density at radius 1 is 1.11 bits per heavy atom. The fourth-order valence-corrected chi connectivity index (χ4v) is 2.52. The van der Waals surface area contributed by atoms with Crippen LogP contribution in [0.5, 0.6) is 0 Å². The van der Waals surface area contributed by atoms with E-state index in [1.165, 1.54) is 7.11 Å². The highest BCUT2D eigenvalue weighted by atomic mass is 19.2. The molecule has 1 nitrogen and oxygen atoms in total. The molecule has 2 aromatic rings. The van der Waals surface area contributed by atoms with Gasteiger partial charge in [-0.05, 0) is 22.8 Å². The van der Waals surface area contributed by atoms with Gasteiger partial charge in [-0.1, -0.05) is 24.3 Å². The topological polar surface area (TPSA) is 9.23 Å². The quantitative estimate of drug-likeness (QED) is 0.670. The van der Waals surface area contributed by atoms with Gasteiger partial charge in [0.2, 0.25) is 0 Å². The number of methoxy groups -OCH3 is 1. The van der Waals surface area contributed by atoms with Gasteiger partial charge in [-0.2, -0.15) is 0 Å². The fourth-order valence-electron chi connectivity index (χ4n) is 2.52. The maximum absolute atomic E-state index is 14.0. The summed E-state index contributed by atoms with van der Waals surface area (Å²) in [5.41, 5.74) is 3.54. The minimum absolute atomic E-state index is 0.0815. The Morgan fingerprint density at radius 3 is 2.67 bits per heavy atom. The summed E-state index contributed by atoms with van der Waals surface area (Å²) in [7, 11) is 1.47. The highest BCUT2D eigenvalue weighted by molar-refractivity contribution is 5.77. The number of hydrogen-bond donors (Lipinski definition) is 0. The van der Waals surface area contributed by atoms with Gasteiger partial charge in [-0.25, -0.2) is 8.78 Å². The van der Waals surface area contributed by atoms with Crippen LogP contribution in [0, 0.1) is 11.6 Å². The lowest BCUT2D eigenvalue weighted by molar-refractivity contribution is 0.180. The van der Waals surface area contributed by atoms with E-state index in [9.17, 15) is 8.78 Å². The van der Waals surface area contributed by atoms with Crippen molar-refractivity contribution >= 4 is 0 Å². The van der Waals surface area contributed by atoms with Crippen LogP contribution < -0.4 is 0 Å². The minimum atomic E-state index is -0.789. The fraction of sp³-hybridized carbons (Fsp3) is 0.200. The van der Waals surface area contributed by atoms with E-state index in [0.29, 0.717) is 12.0 Å². The average molecular weight is 246 g/mol. The van der Waals surface area contributed by atoms with Crippen molar-refractivity contribution in [2.75, 3.05) is 7.11 Å². The molecule has 92 valence electrons. The van der Waals surface area contributed by atoms with Gasteiger partial charge in [0.1, 0.15) is 0 Å². The van der Waals surface area contributed by atoms with Crippen LogP contribution in [0.25, 0.3) is 11.1 Å². The molecule has 0 fully saturated rings. The van der Waals surface area contributed by atoms with Gasteiger partial charge in [-0.15, -0.1) is 0 Å². The summed E-state index contributed by atoms with van der Waals surface area (Å²) in [5.74, 6) is -1.53. The van der Waals surface area contributed by atoms with Crippen LogP contribution in [0.1, 0.15) is 16.7 Å². The first-order valence-corrected chi connectivity index (χ1v) is 5.79. The van der Waals surface area contributed by atoms with E-state index < -0.39 is 11.6 Å². The van der Waals surface area contributed by atoms with E-state index >= 15 is 0 Å². The number of halogens is 2. The van der Waals surface area contributed by atoms with Gasteiger partial charge in [-0.3, -0.25) is 0 Å². The smallest absolute Gasteiger partial charge is 0.164 e. The van der Waals surface area contributed by atoms with Crippen molar-refractivity contribution in [3.05, 3.63) is 58.7 Å². The minimum Gasteiger partial charge on any atom is -0.380 e. The lowest BCUT2D eigenvalue weighted by atomic mass is 10.0. The molecule has 0 atom stereocenters. The van der Waals surface area contributed by atoms with Crippen LogP contribution >= 0.6 is 0 Å². The molecule has 0 aromatic heterocycles. The van der Waals surface area contributed by atoms with Crippen molar-refractivity contribution in [1.82, 2.24) is 0 Å². The molecule has 0 amide bonds. The van der Waals surface area contributed by atoms with Gasteiger partial charge < -0.3 is 4.74 Å². The first kappa shape index (κ1) is 11.4. The molecule has 0 bridgehead atoms. The summed E-state index contributed by atoms with van der Waals surface area (Å²) in [6.07, 6.45) is 0.460. The third-order valence-electron chi connectivity index (χ3n) is 3.36. The largest absolute Gasteiger partial charge is 0.380 e. The second-order valence-corrected chi connectivity index (χ2v) is 4.46. The Kier molecular flexibility index (Phi) is 2.63. The Balaban J connectivity index is 2.23. The second kappa shape index (κ2) is 4.18. The molecule has 18 heavy (non-hydrogen) atoms. The summed E-state index contributed by atoms with van der Waals surface area (Å²) < 4.78 is 32.7. The van der Waals surface area contributed by atoms with Gasteiger partial charge in [0.15, 0.2) is 11.6 Å². The van der Waals surface area contributed by atoms with Crippen molar-refractivity contribution in [1.29, 1.82) is 0 Å². The Bertz CT molecular complexity index is 620. The van der Waals surface area contributed by atoms with Crippen molar-refractivity contribution in [3.8, 4) is 11.1 Å². The maximum atomic E-state index is 14.0. The monoisotopic (exact) mass is 246 g/mol. The van der Waals surface area contributed by atoms with Crippen molar-refractivity contribution in [2.45, 2.75) is 13.0 Å². The van der Waals surface area contributed by atoms with E-state index in [0.717, 1.165) is 16.7 Å². The molecule has 0 saturated heterocycles. The molecule has 0 N–H and O–H groups in total. The van der Waals surface area contributed by atoms with Crippen LogP contribution in [0.2, 0.25) is 0 Å². The predicted molar refractivity (Wildman–Crippen MR) is 65.3 cm³/mol. The van der Waals surface area contributed by atoms with E-state index in [-0.39, 0.29) is 12.2 Å². The molecule has 3 heteroatoms. The number of fused-ring (bicyclic) bond motifs is 3. The summed E-state index contributed by atoms with van der Waals surface area (Å²) in [4.78, 5) is 0. The zero-order valence-electron chi connectivity index (χ0n) is 9.97. The molecule has 0 unspecified atom stereocenters.